The van der Waals surface area contributed by atoms with Crippen molar-refractivity contribution in [2.45, 2.75) is 18.9 Å². The predicted octanol–water partition coefficient (Wildman–Crippen LogP) is 5.32. The van der Waals surface area contributed by atoms with Crippen molar-refractivity contribution in [3.05, 3.63) is 72.2 Å². The topological polar surface area (TPSA) is 85.8 Å². The third-order valence-electron chi connectivity index (χ3n) is 6.38. The molecule has 37 heavy (non-hydrogen) atoms. The van der Waals surface area contributed by atoms with Crippen molar-refractivity contribution < 1.29 is 27.8 Å². The Morgan fingerprint density at radius 2 is 1.89 bits per heavy atom. The number of hydrogen-bond donors (Lipinski definition) is 1. The SMILES string of the molecule is COc1ccncc1C(=O)Nc1cc(F)c(Oc2ccnc3cc4c(cc23)N(C2CC2)CCO4)c(F)c1. The molecule has 2 aromatic heterocycles. The Balaban J connectivity index is 1.30. The van der Waals surface area contributed by atoms with Gasteiger partial charge in [0.1, 0.15) is 23.9 Å². The molecule has 6 rings (SSSR count). The molecule has 4 aromatic rings. The third-order valence-corrected chi connectivity index (χ3v) is 6.38. The second kappa shape index (κ2) is 9.20. The molecule has 3 heterocycles. The molecular formula is C27H22F2N4O4. The van der Waals surface area contributed by atoms with E-state index in [1.165, 1.54) is 31.8 Å². The minimum absolute atomic E-state index is 0.0795. The van der Waals surface area contributed by atoms with Crippen LogP contribution < -0.4 is 24.4 Å². The van der Waals surface area contributed by atoms with Gasteiger partial charge in [-0.3, -0.25) is 14.8 Å². The van der Waals surface area contributed by atoms with Crippen LogP contribution >= 0.6 is 0 Å². The highest BCUT2D eigenvalue weighted by Gasteiger charge is 2.33. The summed E-state index contributed by atoms with van der Waals surface area (Å²) in [6.07, 6.45) is 6.54. The Morgan fingerprint density at radius 1 is 1.11 bits per heavy atom. The van der Waals surface area contributed by atoms with Gasteiger partial charge in [0.15, 0.2) is 17.4 Å². The van der Waals surface area contributed by atoms with Crippen LogP contribution in [0.4, 0.5) is 20.2 Å². The number of nitrogens with zero attached hydrogens (tertiary/aromatic N) is 3. The van der Waals surface area contributed by atoms with Crippen molar-refractivity contribution in [1.29, 1.82) is 0 Å². The molecule has 1 aliphatic carbocycles. The molecule has 1 N–H and O–H groups in total. The lowest BCUT2D eigenvalue weighted by molar-refractivity contribution is 0.102. The summed E-state index contributed by atoms with van der Waals surface area (Å²) in [5, 5.41) is 3.08. The van der Waals surface area contributed by atoms with Gasteiger partial charge in [-0.05, 0) is 31.0 Å². The Kier molecular flexibility index (Phi) is 5.71. The van der Waals surface area contributed by atoms with Gasteiger partial charge in [0.25, 0.3) is 5.91 Å². The van der Waals surface area contributed by atoms with Crippen molar-refractivity contribution in [1.82, 2.24) is 9.97 Å². The number of halogens is 2. The lowest BCUT2D eigenvalue weighted by Gasteiger charge is -2.31. The number of aromatic nitrogens is 2. The van der Waals surface area contributed by atoms with E-state index in [9.17, 15) is 4.79 Å². The van der Waals surface area contributed by atoms with Crippen LogP contribution in [-0.2, 0) is 0 Å². The molecule has 2 aromatic carbocycles. The maximum atomic E-state index is 15.0. The van der Waals surface area contributed by atoms with Gasteiger partial charge in [-0.2, -0.15) is 0 Å². The molecule has 0 unspecified atom stereocenters. The minimum atomic E-state index is -0.973. The molecule has 188 valence electrons. The summed E-state index contributed by atoms with van der Waals surface area (Å²) in [6.45, 7) is 1.37. The quantitative estimate of drug-likeness (QED) is 0.380. The van der Waals surface area contributed by atoms with Crippen LogP contribution in [0, 0.1) is 11.6 Å². The van der Waals surface area contributed by atoms with Crippen LogP contribution in [0.3, 0.4) is 0 Å². The first-order valence-corrected chi connectivity index (χ1v) is 11.8. The van der Waals surface area contributed by atoms with Gasteiger partial charge in [0.2, 0.25) is 0 Å². The molecule has 1 amide bonds. The van der Waals surface area contributed by atoms with Crippen molar-refractivity contribution in [3.63, 3.8) is 0 Å². The third kappa shape index (κ3) is 4.35. The zero-order valence-corrected chi connectivity index (χ0v) is 19.8. The maximum absolute atomic E-state index is 15.0. The summed E-state index contributed by atoms with van der Waals surface area (Å²) in [4.78, 5) is 23.2. The van der Waals surface area contributed by atoms with E-state index in [0.29, 0.717) is 23.6 Å². The molecule has 0 bridgehead atoms. The number of hydrogen-bond acceptors (Lipinski definition) is 7. The molecular weight excluding hydrogens is 482 g/mol. The fourth-order valence-electron chi connectivity index (χ4n) is 4.47. The van der Waals surface area contributed by atoms with E-state index in [1.54, 1.807) is 6.07 Å². The van der Waals surface area contributed by atoms with Gasteiger partial charge in [0, 0.05) is 53.9 Å². The lowest BCUT2D eigenvalue weighted by Crippen LogP contribution is -2.34. The van der Waals surface area contributed by atoms with Gasteiger partial charge in [-0.1, -0.05) is 0 Å². The zero-order valence-electron chi connectivity index (χ0n) is 19.8. The Labute approximate surface area is 210 Å². The summed E-state index contributed by atoms with van der Waals surface area (Å²) >= 11 is 0. The Morgan fingerprint density at radius 3 is 2.65 bits per heavy atom. The van der Waals surface area contributed by atoms with E-state index in [4.69, 9.17) is 14.2 Å². The summed E-state index contributed by atoms with van der Waals surface area (Å²) in [5.41, 5.74) is 1.55. The van der Waals surface area contributed by atoms with Crippen LogP contribution in [0.15, 0.2) is 55.0 Å². The van der Waals surface area contributed by atoms with Gasteiger partial charge >= 0.3 is 0 Å². The van der Waals surface area contributed by atoms with Gasteiger partial charge in [-0.25, -0.2) is 8.78 Å². The first-order valence-electron chi connectivity index (χ1n) is 11.8. The number of carbonyl (C=O) groups excluding carboxylic acids is 1. The van der Waals surface area contributed by atoms with Crippen LogP contribution in [0.5, 0.6) is 23.0 Å². The number of amides is 1. The van der Waals surface area contributed by atoms with E-state index in [-0.39, 0.29) is 22.7 Å². The highest BCUT2D eigenvalue weighted by atomic mass is 19.1. The zero-order chi connectivity index (χ0) is 25.5. The number of carbonyl (C=O) groups is 1. The van der Waals surface area contributed by atoms with Crippen molar-refractivity contribution >= 4 is 28.2 Å². The summed E-state index contributed by atoms with van der Waals surface area (Å²) in [7, 11) is 1.41. The second-order valence-electron chi connectivity index (χ2n) is 8.82. The maximum Gasteiger partial charge on any atom is 0.261 e. The second-order valence-corrected chi connectivity index (χ2v) is 8.82. The normalized spacial score (nSPS) is 14.6. The number of anilines is 2. The fraction of sp³-hybridized carbons (Fsp3) is 0.222. The van der Waals surface area contributed by atoms with Crippen molar-refractivity contribution in [2.24, 2.45) is 0 Å². The van der Waals surface area contributed by atoms with Gasteiger partial charge in [-0.15, -0.1) is 0 Å². The number of ether oxygens (including phenoxy) is 3. The fourth-order valence-corrected chi connectivity index (χ4v) is 4.47. The largest absolute Gasteiger partial charge is 0.496 e. The number of pyridine rings is 2. The number of rotatable bonds is 6. The molecule has 10 heteroatoms. The highest BCUT2D eigenvalue weighted by molar-refractivity contribution is 6.06. The van der Waals surface area contributed by atoms with Crippen molar-refractivity contribution in [3.8, 4) is 23.0 Å². The summed E-state index contributed by atoms with van der Waals surface area (Å²) in [6, 6.07) is 9.26. The van der Waals surface area contributed by atoms with Crippen LogP contribution in [0.2, 0.25) is 0 Å². The first-order chi connectivity index (χ1) is 18.0. The molecule has 0 radical (unpaired) electrons. The standard InChI is InChI=1S/C27H22F2N4O4/c1-35-23-4-6-30-14-18(23)27(34)32-15-10-19(28)26(20(29)11-15)37-24-5-7-31-21-13-25-22(12-17(21)24)33(8-9-36-25)16-2-3-16/h4-7,10-14,16H,2-3,8-9H2,1H3,(H,32,34). The lowest BCUT2D eigenvalue weighted by atomic mass is 10.1. The average Bonchev–Trinajstić information content (AvgIpc) is 3.75. The molecule has 0 atom stereocenters. The molecule has 0 spiro atoms. The number of fused-ring (bicyclic) bond motifs is 2. The summed E-state index contributed by atoms with van der Waals surface area (Å²) < 4.78 is 46.8. The van der Waals surface area contributed by atoms with E-state index in [1.807, 2.05) is 12.1 Å². The van der Waals surface area contributed by atoms with Crippen molar-refractivity contribution in [2.75, 3.05) is 30.5 Å². The minimum Gasteiger partial charge on any atom is -0.496 e. The van der Waals surface area contributed by atoms with Crippen LogP contribution in [-0.4, -0.2) is 42.2 Å². The molecule has 1 aliphatic heterocycles. The monoisotopic (exact) mass is 504 g/mol. The average molecular weight is 504 g/mol. The van der Waals surface area contributed by atoms with E-state index < -0.39 is 23.3 Å². The number of nitrogens with one attached hydrogen (secondary N) is 1. The first kappa shape index (κ1) is 23.0. The van der Waals surface area contributed by atoms with Crippen LogP contribution in [0.1, 0.15) is 23.2 Å². The van der Waals surface area contributed by atoms with E-state index in [0.717, 1.165) is 43.0 Å². The van der Waals surface area contributed by atoms with Gasteiger partial charge in [0.05, 0.1) is 30.4 Å². The highest BCUT2D eigenvalue weighted by Crippen LogP contribution is 2.43. The van der Waals surface area contributed by atoms with E-state index >= 15 is 8.78 Å². The van der Waals surface area contributed by atoms with Crippen LogP contribution in [0.25, 0.3) is 10.9 Å². The predicted molar refractivity (Wildman–Crippen MR) is 133 cm³/mol. The Hall–Kier alpha value is -4.47. The van der Waals surface area contributed by atoms with Gasteiger partial charge < -0.3 is 24.4 Å². The smallest absolute Gasteiger partial charge is 0.261 e. The molecule has 8 nitrogen and oxygen atoms in total. The number of benzene rings is 2. The molecule has 1 fully saturated rings. The Bertz CT molecular complexity index is 1500. The van der Waals surface area contributed by atoms with E-state index in [2.05, 4.69) is 20.2 Å². The molecule has 0 saturated heterocycles. The molecule has 2 aliphatic rings. The summed E-state index contributed by atoms with van der Waals surface area (Å²) in [5.74, 6) is -1.88. The molecule has 1 saturated carbocycles. The number of methoxy groups -OCH3 is 1.